The van der Waals surface area contributed by atoms with Crippen LogP contribution in [0.1, 0.15) is 0 Å². The van der Waals surface area contributed by atoms with E-state index in [9.17, 15) is 0 Å². The van der Waals surface area contributed by atoms with Gasteiger partial charge in [-0.2, -0.15) is 0 Å². The molecule has 1 heterocycles. The van der Waals surface area contributed by atoms with E-state index in [1.807, 2.05) is 30.3 Å². The lowest BCUT2D eigenvalue weighted by atomic mass is 10.3. The van der Waals surface area contributed by atoms with Crippen molar-refractivity contribution >= 4 is 5.69 Å². The molecule has 0 aliphatic heterocycles. The molecule has 2 aromatic rings. The first-order valence-corrected chi connectivity index (χ1v) is 5.37. The molecule has 4 heteroatoms. The summed E-state index contributed by atoms with van der Waals surface area (Å²) in [6.07, 6.45) is 1.56. The Morgan fingerprint density at radius 2 is 1.71 bits per heavy atom. The van der Waals surface area contributed by atoms with E-state index in [-0.39, 0.29) is 0 Å². The Morgan fingerprint density at radius 3 is 2.41 bits per heavy atom. The molecule has 0 fully saturated rings. The van der Waals surface area contributed by atoms with Crippen LogP contribution in [0.2, 0.25) is 0 Å². The Labute approximate surface area is 100 Å². The fourth-order valence-electron chi connectivity index (χ4n) is 1.30. The van der Waals surface area contributed by atoms with Gasteiger partial charge in [0.15, 0.2) is 0 Å². The van der Waals surface area contributed by atoms with Gasteiger partial charge in [0, 0.05) is 6.07 Å². The van der Waals surface area contributed by atoms with Crippen LogP contribution in [0, 0.1) is 0 Å². The molecule has 1 aromatic carbocycles. The summed E-state index contributed by atoms with van der Waals surface area (Å²) in [5.74, 6) is 1.39. The van der Waals surface area contributed by atoms with Crippen molar-refractivity contribution in [1.29, 1.82) is 0 Å². The third kappa shape index (κ3) is 3.68. The van der Waals surface area contributed by atoms with E-state index < -0.39 is 0 Å². The Kier molecular flexibility index (Phi) is 3.81. The van der Waals surface area contributed by atoms with Crippen LogP contribution in [-0.4, -0.2) is 18.2 Å². The molecule has 0 aliphatic carbocycles. The molecule has 4 nitrogen and oxygen atoms in total. The molecule has 2 rings (SSSR count). The highest BCUT2D eigenvalue weighted by Crippen LogP contribution is 2.10. The number of nitrogens with zero attached hydrogens (tertiary/aromatic N) is 1. The van der Waals surface area contributed by atoms with Gasteiger partial charge in [0.25, 0.3) is 0 Å². The van der Waals surface area contributed by atoms with Crippen LogP contribution >= 0.6 is 0 Å². The molecule has 1 aromatic heterocycles. The number of aromatic nitrogens is 1. The molecule has 0 saturated carbocycles. The normalized spacial score (nSPS) is 9.88. The van der Waals surface area contributed by atoms with E-state index in [4.69, 9.17) is 15.2 Å². The minimum absolute atomic E-state index is 0.450. The van der Waals surface area contributed by atoms with Gasteiger partial charge in [0.2, 0.25) is 5.88 Å². The van der Waals surface area contributed by atoms with Gasteiger partial charge in [0.1, 0.15) is 19.0 Å². The monoisotopic (exact) mass is 230 g/mol. The zero-order chi connectivity index (χ0) is 11.9. The van der Waals surface area contributed by atoms with Crippen LogP contribution in [0.25, 0.3) is 0 Å². The number of pyridine rings is 1. The van der Waals surface area contributed by atoms with Crippen molar-refractivity contribution in [2.75, 3.05) is 18.9 Å². The summed E-state index contributed by atoms with van der Waals surface area (Å²) in [7, 11) is 0. The maximum absolute atomic E-state index is 5.51. The quantitative estimate of drug-likeness (QED) is 0.799. The van der Waals surface area contributed by atoms with Crippen molar-refractivity contribution < 1.29 is 9.47 Å². The van der Waals surface area contributed by atoms with Crippen molar-refractivity contribution in [3.8, 4) is 11.6 Å². The molecule has 0 unspecified atom stereocenters. The van der Waals surface area contributed by atoms with Gasteiger partial charge in [-0.1, -0.05) is 18.2 Å². The average molecular weight is 230 g/mol. The van der Waals surface area contributed by atoms with E-state index in [1.54, 1.807) is 18.3 Å². The molecule has 17 heavy (non-hydrogen) atoms. The lowest BCUT2D eigenvalue weighted by Gasteiger charge is -2.07. The highest BCUT2D eigenvalue weighted by molar-refractivity contribution is 5.35. The van der Waals surface area contributed by atoms with Crippen molar-refractivity contribution in [2.24, 2.45) is 0 Å². The van der Waals surface area contributed by atoms with Crippen molar-refractivity contribution in [2.45, 2.75) is 0 Å². The largest absolute Gasteiger partial charge is 0.490 e. The fourth-order valence-corrected chi connectivity index (χ4v) is 1.30. The van der Waals surface area contributed by atoms with Crippen LogP contribution in [-0.2, 0) is 0 Å². The van der Waals surface area contributed by atoms with Crippen molar-refractivity contribution in [3.63, 3.8) is 0 Å². The van der Waals surface area contributed by atoms with Gasteiger partial charge in [-0.05, 0) is 18.2 Å². The summed E-state index contributed by atoms with van der Waals surface area (Å²) < 4.78 is 10.9. The Morgan fingerprint density at radius 1 is 0.941 bits per heavy atom. The Hall–Kier alpha value is -2.23. The zero-order valence-electron chi connectivity index (χ0n) is 9.37. The summed E-state index contributed by atoms with van der Waals surface area (Å²) in [5.41, 5.74) is 6.14. The maximum Gasteiger partial charge on any atom is 0.213 e. The summed E-state index contributed by atoms with van der Waals surface area (Å²) in [4.78, 5) is 4.02. The van der Waals surface area contributed by atoms with E-state index in [2.05, 4.69) is 4.98 Å². The van der Waals surface area contributed by atoms with E-state index in [0.717, 1.165) is 5.75 Å². The summed E-state index contributed by atoms with van der Waals surface area (Å²) in [6, 6.07) is 13.1. The standard InChI is InChI=1S/C13H14N2O2/c14-11-6-7-13(15-10-11)17-9-8-16-12-4-2-1-3-5-12/h1-7,10H,8-9,14H2. The van der Waals surface area contributed by atoms with E-state index in [1.165, 1.54) is 0 Å². The van der Waals surface area contributed by atoms with Crippen LogP contribution in [0.15, 0.2) is 48.7 Å². The molecule has 0 bridgehead atoms. The van der Waals surface area contributed by atoms with E-state index in [0.29, 0.717) is 24.8 Å². The lowest BCUT2D eigenvalue weighted by Crippen LogP contribution is -2.09. The molecule has 0 saturated heterocycles. The Balaban J connectivity index is 1.71. The second-order valence-electron chi connectivity index (χ2n) is 3.44. The van der Waals surface area contributed by atoms with Crippen LogP contribution < -0.4 is 15.2 Å². The van der Waals surface area contributed by atoms with Gasteiger partial charge in [-0.25, -0.2) is 4.98 Å². The highest BCUT2D eigenvalue weighted by atomic mass is 16.5. The molecule has 0 aliphatic rings. The van der Waals surface area contributed by atoms with Crippen LogP contribution in [0.5, 0.6) is 11.6 Å². The number of rotatable bonds is 5. The second kappa shape index (κ2) is 5.75. The number of benzene rings is 1. The van der Waals surface area contributed by atoms with Gasteiger partial charge in [0.05, 0.1) is 11.9 Å². The van der Waals surface area contributed by atoms with Gasteiger partial charge in [-0.3, -0.25) is 0 Å². The first kappa shape index (κ1) is 11.3. The highest BCUT2D eigenvalue weighted by Gasteiger charge is 1.95. The number of anilines is 1. The molecule has 88 valence electrons. The van der Waals surface area contributed by atoms with Crippen molar-refractivity contribution in [3.05, 3.63) is 48.7 Å². The third-order valence-electron chi connectivity index (χ3n) is 2.10. The van der Waals surface area contributed by atoms with E-state index >= 15 is 0 Å². The minimum atomic E-state index is 0.450. The smallest absolute Gasteiger partial charge is 0.213 e. The first-order valence-electron chi connectivity index (χ1n) is 5.37. The molecular formula is C13H14N2O2. The molecule has 0 atom stereocenters. The third-order valence-corrected chi connectivity index (χ3v) is 2.10. The summed E-state index contributed by atoms with van der Waals surface area (Å²) >= 11 is 0. The van der Waals surface area contributed by atoms with Crippen LogP contribution in [0.3, 0.4) is 0 Å². The maximum atomic E-state index is 5.51. The predicted molar refractivity (Wildman–Crippen MR) is 66.1 cm³/mol. The van der Waals surface area contributed by atoms with Crippen LogP contribution in [0.4, 0.5) is 5.69 Å². The fraction of sp³-hybridized carbons (Fsp3) is 0.154. The molecule has 0 amide bonds. The zero-order valence-corrected chi connectivity index (χ0v) is 9.37. The summed E-state index contributed by atoms with van der Waals surface area (Å²) in [5, 5.41) is 0. The second-order valence-corrected chi connectivity index (χ2v) is 3.44. The predicted octanol–water partition coefficient (Wildman–Crippen LogP) is 2.12. The molecule has 2 N–H and O–H groups in total. The number of hydrogen-bond acceptors (Lipinski definition) is 4. The number of nitrogen functional groups attached to an aromatic ring is 1. The topological polar surface area (TPSA) is 57.4 Å². The first-order chi connectivity index (χ1) is 8.34. The lowest BCUT2D eigenvalue weighted by molar-refractivity contribution is 0.212. The molecular weight excluding hydrogens is 216 g/mol. The number of nitrogens with two attached hydrogens (primary N) is 1. The summed E-state index contributed by atoms with van der Waals surface area (Å²) in [6.45, 7) is 0.932. The molecule has 0 radical (unpaired) electrons. The Bertz CT molecular complexity index is 443. The number of ether oxygens (including phenoxy) is 2. The van der Waals surface area contributed by atoms with Gasteiger partial charge >= 0.3 is 0 Å². The SMILES string of the molecule is Nc1ccc(OCCOc2ccccc2)nc1. The van der Waals surface area contributed by atoms with Crippen molar-refractivity contribution in [1.82, 2.24) is 4.98 Å². The van der Waals surface area contributed by atoms with Gasteiger partial charge < -0.3 is 15.2 Å². The molecule has 0 spiro atoms. The number of para-hydroxylation sites is 1. The average Bonchev–Trinajstić information content (AvgIpc) is 2.38. The van der Waals surface area contributed by atoms with Gasteiger partial charge in [-0.15, -0.1) is 0 Å². The number of hydrogen-bond donors (Lipinski definition) is 1. The minimum Gasteiger partial charge on any atom is -0.490 e.